The number of aliphatic hydroxyl groups excluding tert-OH is 1. The third kappa shape index (κ3) is 8.65. The predicted molar refractivity (Wildman–Crippen MR) is 87.4 cm³/mol. The van der Waals surface area contributed by atoms with Crippen molar-refractivity contribution in [2.45, 2.75) is 0 Å². The normalized spacial score (nSPS) is 20.7. The fourth-order valence-corrected chi connectivity index (χ4v) is 2.60. The average Bonchev–Trinajstić information content (AvgIpc) is 2.47. The second-order valence-corrected chi connectivity index (χ2v) is 5.98. The highest BCUT2D eigenvalue weighted by Crippen LogP contribution is 2.01. The van der Waals surface area contributed by atoms with Gasteiger partial charge in [-0.3, -0.25) is 24.4 Å². The summed E-state index contributed by atoms with van der Waals surface area (Å²) in [5.74, 6) is -0.757. The molecule has 1 aliphatic rings. The fraction of sp³-hybridized carbons (Fsp3) is 0.733. The maximum atomic E-state index is 11.0. The maximum Gasteiger partial charge on any atom is 0.317 e. The van der Waals surface area contributed by atoms with Crippen LogP contribution in [0.25, 0.3) is 0 Å². The van der Waals surface area contributed by atoms with E-state index in [1.807, 2.05) is 16.8 Å². The number of aldehydes is 1. The number of carbonyl (C=O) groups excluding carboxylic acids is 1. The Morgan fingerprint density at radius 2 is 1.52 bits per heavy atom. The van der Waals surface area contributed by atoms with Gasteiger partial charge in [-0.25, -0.2) is 0 Å². The van der Waals surface area contributed by atoms with Gasteiger partial charge in [0.1, 0.15) is 6.29 Å². The summed E-state index contributed by atoms with van der Waals surface area (Å²) in [5, 5.41) is 18.5. The zero-order valence-electron chi connectivity index (χ0n) is 13.9. The molecule has 0 bridgehead atoms. The summed E-state index contributed by atoms with van der Waals surface area (Å²) in [5.41, 5.74) is 0. The van der Waals surface area contributed by atoms with E-state index in [-0.39, 0.29) is 12.3 Å². The van der Waals surface area contributed by atoms with Gasteiger partial charge in [-0.05, 0) is 7.05 Å². The van der Waals surface area contributed by atoms with E-state index >= 15 is 0 Å². The van der Waals surface area contributed by atoms with Crippen LogP contribution in [0, 0.1) is 0 Å². The standard InChI is InChI=1S/C15H28N4O4/c1-14(21)11-17-4-3-16(2)13-19(9-10-20)8-7-18(6-5-17)12-15(22)23/h10,21H,1,3-9,11-13H2,2H3,(H,22,23). The van der Waals surface area contributed by atoms with E-state index in [1.54, 1.807) is 0 Å². The average molecular weight is 328 g/mol. The van der Waals surface area contributed by atoms with E-state index in [0.29, 0.717) is 45.9 Å². The fourth-order valence-electron chi connectivity index (χ4n) is 2.60. The number of likely N-dealkylation sites (N-methyl/N-ethyl adjacent to an activating group) is 1. The van der Waals surface area contributed by atoms with Gasteiger partial charge in [-0.1, -0.05) is 6.58 Å². The highest BCUT2D eigenvalue weighted by Gasteiger charge is 2.17. The van der Waals surface area contributed by atoms with Crippen LogP contribution >= 0.6 is 0 Å². The lowest BCUT2D eigenvalue weighted by Gasteiger charge is -2.27. The molecule has 0 spiro atoms. The molecule has 0 aliphatic carbocycles. The summed E-state index contributed by atoms with van der Waals surface area (Å²) in [6.07, 6.45) is 0.872. The van der Waals surface area contributed by atoms with E-state index in [9.17, 15) is 14.7 Å². The summed E-state index contributed by atoms with van der Waals surface area (Å²) in [6.45, 7) is 8.89. The molecule has 1 rings (SSSR count). The number of aliphatic hydroxyl groups is 1. The van der Waals surface area contributed by atoms with E-state index in [0.717, 1.165) is 19.4 Å². The summed E-state index contributed by atoms with van der Waals surface area (Å²) >= 11 is 0. The topological polar surface area (TPSA) is 87.6 Å². The SMILES string of the molecule is C=C(O)CN1CCN(C)CN(CC=O)CCN(CC(=O)O)CC1. The van der Waals surface area contributed by atoms with Gasteiger partial charge < -0.3 is 15.0 Å². The van der Waals surface area contributed by atoms with Crippen molar-refractivity contribution in [1.82, 2.24) is 19.6 Å². The minimum absolute atomic E-state index is 0.0291. The number of aliphatic carboxylic acids is 1. The highest BCUT2D eigenvalue weighted by molar-refractivity contribution is 5.69. The van der Waals surface area contributed by atoms with E-state index in [2.05, 4.69) is 16.4 Å². The lowest BCUT2D eigenvalue weighted by molar-refractivity contribution is -0.138. The Morgan fingerprint density at radius 3 is 2.04 bits per heavy atom. The monoisotopic (exact) mass is 328 g/mol. The van der Waals surface area contributed by atoms with Gasteiger partial charge in [-0.2, -0.15) is 0 Å². The molecule has 1 heterocycles. The quantitative estimate of drug-likeness (QED) is 0.482. The minimum Gasteiger partial charge on any atom is -0.512 e. The first-order valence-electron chi connectivity index (χ1n) is 7.78. The zero-order chi connectivity index (χ0) is 17.2. The van der Waals surface area contributed by atoms with Gasteiger partial charge in [0.15, 0.2) is 0 Å². The van der Waals surface area contributed by atoms with Crippen molar-refractivity contribution in [3.05, 3.63) is 12.3 Å². The van der Waals surface area contributed by atoms with Crippen LogP contribution in [0.1, 0.15) is 0 Å². The lowest BCUT2D eigenvalue weighted by Crippen LogP contribution is -2.43. The van der Waals surface area contributed by atoms with Crippen molar-refractivity contribution in [3.8, 4) is 0 Å². The van der Waals surface area contributed by atoms with Crippen LogP contribution in [0.5, 0.6) is 0 Å². The van der Waals surface area contributed by atoms with Gasteiger partial charge in [0, 0.05) is 39.3 Å². The number of carbonyl (C=O) groups is 2. The Bertz CT molecular complexity index is 405. The van der Waals surface area contributed by atoms with Gasteiger partial charge in [0.05, 0.1) is 32.1 Å². The molecule has 1 saturated heterocycles. The third-order valence-electron chi connectivity index (χ3n) is 3.80. The summed E-state index contributed by atoms with van der Waals surface area (Å²) in [7, 11) is 1.98. The van der Waals surface area contributed by atoms with Crippen LogP contribution in [-0.2, 0) is 9.59 Å². The molecule has 8 nitrogen and oxygen atoms in total. The minimum atomic E-state index is -0.864. The maximum absolute atomic E-state index is 11.0. The number of nitrogens with zero attached hydrogens (tertiary/aromatic N) is 4. The molecule has 2 N–H and O–H groups in total. The number of hydrogen-bond acceptors (Lipinski definition) is 7. The van der Waals surface area contributed by atoms with Crippen LogP contribution < -0.4 is 0 Å². The molecule has 132 valence electrons. The van der Waals surface area contributed by atoms with E-state index < -0.39 is 5.97 Å². The van der Waals surface area contributed by atoms with Crippen molar-refractivity contribution in [2.24, 2.45) is 0 Å². The summed E-state index contributed by atoms with van der Waals surface area (Å²) in [4.78, 5) is 29.9. The molecule has 1 fully saturated rings. The second kappa shape index (κ2) is 10.3. The molecule has 0 aromatic heterocycles. The molecular formula is C15H28N4O4. The second-order valence-electron chi connectivity index (χ2n) is 5.98. The molecule has 0 radical (unpaired) electrons. The van der Waals surface area contributed by atoms with E-state index in [1.165, 1.54) is 0 Å². The van der Waals surface area contributed by atoms with Crippen LogP contribution in [0.3, 0.4) is 0 Å². The Hall–Kier alpha value is -1.48. The van der Waals surface area contributed by atoms with Crippen LogP contribution in [0.4, 0.5) is 0 Å². The lowest BCUT2D eigenvalue weighted by atomic mass is 10.3. The Labute approximate surface area is 137 Å². The molecule has 0 atom stereocenters. The van der Waals surface area contributed by atoms with Crippen molar-refractivity contribution in [2.75, 3.05) is 72.6 Å². The largest absolute Gasteiger partial charge is 0.512 e. The van der Waals surface area contributed by atoms with Crippen molar-refractivity contribution < 1.29 is 19.8 Å². The number of rotatable bonds is 6. The first-order valence-corrected chi connectivity index (χ1v) is 7.78. The number of hydrogen-bond donors (Lipinski definition) is 2. The van der Waals surface area contributed by atoms with Crippen molar-refractivity contribution >= 4 is 12.3 Å². The van der Waals surface area contributed by atoms with Crippen LogP contribution in [0.2, 0.25) is 0 Å². The summed E-state index contributed by atoms with van der Waals surface area (Å²) < 4.78 is 0. The van der Waals surface area contributed by atoms with Gasteiger partial charge in [0.2, 0.25) is 0 Å². The molecule has 0 amide bonds. The highest BCUT2D eigenvalue weighted by atomic mass is 16.4. The molecule has 8 heteroatoms. The zero-order valence-corrected chi connectivity index (χ0v) is 13.9. The number of carboxylic acids is 1. The first kappa shape index (κ1) is 19.6. The van der Waals surface area contributed by atoms with E-state index in [4.69, 9.17) is 5.11 Å². The van der Waals surface area contributed by atoms with Gasteiger partial charge in [-0.15, -0.1) is 0 Å². The van der Waals surface area contributed by atoms with Crippen molar-refractivity contribution in [3.63, 3.8) is 0 Å². The first-order chi connectivity index (χ1) is 10.9. The Balaban J connectivity index is 2.75. The Morgan fingerprint density at radius 1 is 1.00 bits per heavy atom. The smallest absolute Gasteiger partial charge is 0.317 e. The molecule has 0 unspecified atom stereocenters. The van der Waals surface area contributed by atoms with Crippen LogP contribution in [0.15, 0.2) is 12.3 Å². The van der Waals surface area contributed by atoms with Gasteiger partial charge in [0.25, 0.3) is 0 Å². The third-order valence-corrected chi connectivity index (χ3v) is 3.80. The molecule has 23 heavy (non-hydrogen) atoms. The van der Waals surface area contributed by atoms with Crippen molar-refractivity contribution in [1.29, 1.82) is 0 Å². The van der Waals surface area contributed by atoms with Gasteiger partial charge >= 0.3 is 5.97 Å². The molecule has 0 saturated carbocycles. The Kier molecular flexibility index (Phi) is 8.78. The number of carboxylic acid groups (broad SMARTS) is 1. The predicted octanol–water partition coefficient (Wildman–Crippen LogP) is -0.849. The summed E-state index contributed by atoms with van der Waals surface area (Å²) in [6, 6.07) is 0. The van der Waals surface area contributed by atoms with Crippen LogP contribution in [-0.4, -0.2) is 115 Å². The molecule has 0 aromatic carbocycles. The molecular weight excluding hydrogens is 300 g/mol. The molecule has 0 aromatic rings. The molecule has 1 aliphatic heterocycles.